The Morgan fingerprint density at radius 3 is 2.69 bits per heavy atom. The van der Waals surface area contributed by atoms with Gasteiger partial charge < -0.3 is 18.9 Å². The second-order valence-corrected chi connectivity index (χ2v) is 8.81. The van der Waals surface area contributed by atoms with Crippen molar-refractivity contribution in [1.82, 2.24) is 9.47 Å². The van der Waals surface area contributed by atoms with Gasteiger partial charge in [0.25, 0.3) is 5.91 Å². The predicted molar refractivity (Wildman–Crippen MR) is 126 cm³/mol. The highest BCUT2D eigenvalue weighted by atomic mass is 19.1. The minimum atomic E-state index is -0.753. The number of benzene rings is 2. The van der Waals surface area contributed by atoms with Crippen LogP contribution in [0.3, 0.4) is 0 Å². The molecule has 5 rings (SSSR count). The standard InChI is InChI=1S/C27H24F2N2O5/c28-19-9-7-18(21(29)13-19)8-10-22(32)20-14-30-15-23-31(11-4-12-35-23)27(34)24(30)26(25(20)33)36-16-17-5-2-1-3-6-17/h1-3,5-7,9,13-14,23H,4,8,10-12,15-16H2. The molecule has 3 heterocycles. The summed E-state index contributed by atoms with van der Waals surface area (Å²) in [7, 11) is 0. The summed E-state index contributed by atoms with van der Waals surface area (Å²) in [6.45, 7) is 1.29. The molecule has 186 valence electrons. The number of carbonyl (C=O) groups is 2. The first-order chi connectivity index (χ1) is 17.4. The monoisotopic (exact) mass is 494 g/mol. The molecule has 9 heteroatoms. The van der Waals surface area contributed by atoms with Crippen LogP contribution in [0.4, 0.5) is 8.78 Å². The molecule has 2 aliphatic rings. The number of Topliss-reactive ketones (excluding diaryl/α,β-unsaturated/α-hetero) is 1. The zero-order chi connectivity index (χ0) is 25.2. The fourth-order valence-electron chi connectivity index (χ4n) is 4.55. The van der Waals surface area contributed by atoms with E-state index < -0.39 is 35.0 Å². The molecule has 0 aliphatic carbocycles. The van der Waals surface area contributed by atoms with Gasteiger partial charge in [0.05, 0.1) is 18.7 Å². The van der Waals surface area contributed by atoms with Gasteiger partial charge in [-0.15, -0.1) is 0 Å². The van der Waals surface area contributed by atoms with Gasteiger partial charge in [0, 0.05) is 25.2 Å². The third-order valence-corrected chi connectivity index (χ3v) is 6.42. The molecule has 1 atom stereocenters. The number of halogens is 2. The summed E-state index contributed by atoms with van der Waals surface area (Å²) in [6, 6.07) is 12.3. The van der Waals surface area contributed by atoms with E-state index in [1.807, 2.05) is 30.3 Å². The van der Waals surface area contributed by atoms with E-state index in [-0.39, 0.29) is 48.6 Å². The van der Waals surface area contributed by atoms with E-state index in [0.717, 1.165) is 17.7 Å². The molecule has 0 bridgehead atoms. The summed E-state index contributed by atoms with van der Waals surface area (Å²) in [4.78, 5) is 41.5. The van der Waals surface area contributed by atoms with Crippen LogP contribution >= 0.6 is 0 Å². The summed E-state index contributed by atoms with van der Waals surface area (Å²) in [6.07, 6.45) is 1.37. The van der Waals surface area contributed by atoms with Crippen molar-refractivity contribution in [3.05, 3.63) is 99.0 Å². The average Bonchev–Trinajstić information content (AvgIpc) is 2.88. The predicted octanol–water partition coefficient (Wildman–Crippen LogP) is 3.72. The quantitative estimate of drug-likeness (QED) is 0.468. The highest BCUT2D eigenvalue weighted by molar-refractivity contribution is 6.00. The van der Waals surface area contributed by atoms with E-state index in [1.165, 1.54) is 12.3 Å². The highest BCUT2D eigenvalue weighted by Crippen LogP contribution is 2.28. The average molecular weight is 494 g/mol. The van der Waals surface area contributed by atoms with Crippen LogP contribution in [0.15, 0.2) is 59.5 Å². The van der Waals surface area contributed by atoms with Crippen LogP contribution in [0.2, 0.25) is 0 Å². The highest BCUT2D eigenvalue weighted by Gasteiger charge is 2.38. The van der Waals surface area contributed by atoms with Crippen LogP contribution in [-0.2, 0) is 24.3 Å². The molecule has 1 amide bonds. The topological polar surface area (TPSA) is 77.8 Å². The van der Waals surface area contributed by atoms with Gasteiger partial charge >= 0.3 is 0 Å². The van der Waals surface area contributed by atoms with E-state index in [2.05, 4.69) is 0 Å². The van der Waals surface area contributed by atoms with Crippen molar-refractivity contribution in [2.45, 2.75) is 38.6 Å². The molecule has 2 aromatic carbocycles. The number of nitrogens with zero attached hydrogens (tertiary/aromatic N) is 2. The molecule has 0 saturated carbocycles. The van der Waals surface area contributed by atoms with Crippen LogP contribution in [0.5, 0.6) is 5.75 Å². The zero-order valence-electron chi connectivity index (χ0n) is 19.4. The first-order valence-corrected chi connectivity index (χ1v) is 11.8. The molecule has 0 spiro atoms. The Hall–Kier alpha value is -3.85. The molecule has 0 radical (unpaired) electrons. The number of pyridine rings is 1. The number of carbonyl (C=O) groups excluding carboxylic acids is 2. The van der Waals surface area contributed by atoms with Crippen molar-refractivity contribution in [1.29, 1.82) is 0 Å². The van der Waals surface area contributed by atoms with E-state index in [0.29, 0.717) is 19.6 Å². The van der Waals surface area contributed by atoms with Crippen molar-refractivity contribution >= 4 is 11.7 Å². The Balaban J connectivity index is 1.49. The maximum Gasteiger partial charge on any atom is 0.276 e. The number of aromatic nitrogens is 1. The van der Waals surface area contributed by atoms with Crippen molar-refractivity contribution < 1.29 is 27.8 Å². The zero-order valence-corrected chi connectivity index (χ0v) is 19.4. The number of ketones is 1. The Bertz CT molecular complexity index is 1370. The molecular weight excluding hydrogens is 470 g/mol. The first-order valence-electron chi connectivity index (χ1n) is 11.8. The molecule has 1 saturated heterocycles. The summed E-state index contributed by atoms with van der Waals surface area (Å²) >= 11 is 0. The molecular formula is C27H24F2N2O5. The molecule has 7 nitrogen and oxygen atoms in total. The Morgan fingerprint density at radius 2 is 1.92 bits per heavy atom. The number of amides is 1. The van der Waals surface area contributed by atoms with Gasteiger partial charge in [-0.05, 0) is 30.0 Å². The fraction of sp³-hybridized carbons (Fsp3) is 0.296. The Morgan fingerprint density at radius 1 is 1.11 bits per heavy atom. The molecule has 2 aliphatic heterocycles. The molecule has 1 fully saturated rings. The lowest BCUT2D eigenvalue weighted by molar-refractivity contribution is -0.0920. The third kappa shape index (κ3) is 4.66. The van der Waals surface area contributed by atoms with Crippen LogP contribution < -0.4 is 10.2 Å². The first kappa shape index (κ1) is 23.9. The number of rotatable bonds is 7. The third-order valence-electron chi connectivity index (χ3n) is 6.42. The maximum atomic E-state index is 14.0. The van der Waals surface area contributed by atoms with E-state index in [9.17, 15) is 23.2 Å². The minimum absolute atomic E-state index is 0.00914. The molecule has 1 unspecified atom stereocenters. The SMILES string of the molecule is O=C(CCc1ccc(F)cc1F)c1cn2c(c(OCc3ccccc3)c1=O)C(=O)N1CCCOC1C2. The van der Waals surface area contributed by atoms with Crippen LogP contribution in [0.1, 0.15) is 44.8 Å². The van der Waals surface area contributed by atoms with Gasteiger partial charge in [0.15, 0.2) is 23.5 Å². The number of hydrogen-bond donors (Lipinski definition) is 0. The second kappa shape index (κ2) is 10.0. The fourth-order valence-corrected chi connectivity index (χ4v) is 4.55. The van der Waals surface area contributed by atoms with E-state index in [4.69, 9.17) is 9.47 Å². The lowest BCUT2D eigenvalue weighted by Gasteiger charge is -2.40. The van der Waals surface area contributed by atoms with Gasteiger partial charge in [-0.2, -0.15) is 0 Å². The summed E-state index contributed by atoms with van der Waals surface area (Å²) in [5, 5.41) is 0. The molecule has 3 aromatic rings. The normalized spacial score (nSPS) is 16.9. The Kier molecular flexibility index (Phi) is 6.65. The van der Waals surface area contributed by atoms with Crippen LogP contribution in [0, 0.1) is 11.6 Å². The number of aryl methyl sites for hydroxylation is 1. The van der Waals surface area contributed by atoms with E-state index in [1.54, 1.807) is 9.47 Å². The second-order valence-electron chi connectivity index (χ2n) is 8.81. The van der Waals surface area contributed by atoms with Crippen molar-refractivity contribution in [2.75, 3.05) is 13.2 Å². The van der Waals surface area contributed by atoms with Gasteiger partial charge in [0.1, 0.15) is 18.2 Å². The lowest BCUT2D eigenvalue weighted by Crippen LogP contribution is -2.53. The summed E-state index contributed by atoms with van der Waals surface area (Å²) in [5.74, 6) is -2.57. The van der Waals surface area contributed by atoms with Crippen LogP contribution in [0.25, 0.3) is 0 Å². The number of hydrogen-bond acceptors (Lipinski definition) is 5. The molecule has 1 aromatic heterocycles. The minimum Gasteiger partial charge on any atom is -0.483 e. The Labute approximate surface area is 205 Å². The summed E-state index contributed by atoms with van der Waals surface area (Å²) < 4.78 is 40.4. The van der Waals surface area contributed by atoms with Gasteiger partial charge in [-0.25, -0.2) is 8.78 Å². The molecule has 36 heavy (non-hydrogen) atoms. The summed E-state index contributed by atoms with van der Waals surface area (Å²) in [5.41, 5.74) is 0.207. The van der Waals surface area contributed by atoms with Crippen molar-refractivity contribution in [3.63, 3.8) is 0 Å². The van der Waals surface area contributed by atoms with Crippen LogP contribution in [-0.4, -0.2) is 40.5 Å². The van der Waals surface area contributed by atoms with Gasteiger partial charge in [-0.1, -0.05) is 36.4 Å². The smallest absolute Gasteiger partial charge is 0.276 e. The maximum absolute atomic E-state index is 14.0. The number of ether oxygens (including phenoxy) is 2. The van der Waals surface area contributed by atoms with Gasteiger partial charge in [-0.3, -0.25) is 14.4 Å². The lowest BCUT2D eigenvalue weighted by atomic mass is 10.0. The van der Waals surface area contributed by atoms with Crippen molar-refractivity contribution in [2.24, 2.45) is 0 Å². The van der Waals surface area contributed by atoms with E-state index >= 15 is 0 Å². The van der Waals surface area contributed by atoms with Crippen molar-refractivity contribution in [3.8, 4) is 5.75 Å². The van der Waals surface area contributed by atoms with Gasteiger partial charge in [0.2, 0.25) is 5.43 Å². The largest absolute Gasteiger partial charge is 0.483 e. The number of fused-ring (bicyclic) bond motifs is 2. The molecule has 0 N–H and O–H groups in total.